The van der Waals surface area contributed by atoms with Gasteiger partial charge in [-0.05, 0) is 31.9 Å². The Morgan fingerprint density at radius 1 is 1.41 bits per heavy atom. The molecule has 1 amide bonds. The number of unbranched alkanes of at least 4 members (excludes halogenated alkanes) is 1. The van der Waals surface area contributed by atoms with Gasteiger partial charge >= 0.3 is 0 Å². The Bertz CT molecular complexity index is 396. The second-order valence-electron chi connectivity index (χ2n) is 3.96. The lowest BCUT2D eigenvalue weighted by molar-refractivity contribution is -0.121. The van der Waals surface area contributed by atoms with Crippen LogP contribution in [0.4, 0.5) is 0 Å². The number of carbonyl (C=O) groups excluding carboxylic acids is 1. The van der Waals surface area contributed by atoms with Crippen molar-refractivity contribution in [3.05, 3.63) is 21.9 Å². The lowest BCUT2D eigenvalue weighted by Crippen LogP contribution is -2.18. The first-order chi connectivity index (χ1) is 8.17. The minimum absolute atomic E-state index is 0.00142. The summed E-state index contributed by atoms with van der Waals surface area (Å²) in [7, 11) is 0. The number of amides is 1. The van der Waals surface area contributed by atoms with Crippen molar-refractivity contribution in [3.8, 4) is 0 Å². The monoisotopic (exact) mass is 252 g/mol. The zero-order chi connectivity index (χ0) is 12.7. The van der Waals surface area contributed by atoms with Gasteiger partial charge in [-0.2, -0.15) is 5.10 Å². The summed E-state index contributed by atoms with van der Waals surface area (Å²) in [4.78, 5) is 13.8. The van der Waals surface area contributed by atoms with Crippen molar-refractivity contribution in [2.75, 3.05) is 0 Å². The summed E-state index contributed by atoms with van der Waals surface area (Å²) in [5.74, 6) is -0.00142. The molecule has 0 spiro atoms. The van der Waals surface area contributed by atoms with E-state index >= 15 is 0 Å². The predicted octanol–water partition coefficient (Wildman–Crippen LogP) is 3.34. The van der Waals surface area contributed by atoms with E-state index in [4.69, 9.17) is 0 Å². The first-order valence-corrected chi connectivity index (χ1v) is 6.91. The van der Waals surface area contributed by atoms with Crippen LogP contribution in [0.2, 0.25) is 0 Å². The van der Waals surface area contributed by atoms with Gasteiger partial charge in [0.05, 0.1) is 10.6 Å². The zero-order valence-electron chi connectivity index (χ0n) is 10.7. The van der Waals surface area contributed by atoms with Crippen LogP contribution in [-0.4, -0.2) is 11.6 Å². The topological polar surface area (TPSA) is 41.5 Å². The van der Waals surface area contributed by atoms with Crippen LogP contribution >= 0.6 is 11.3 Å². The summed E-state index contributed by atoms with van der Waals surface area (Å²) in [6.07, 6.45) is 3.54. The van der Waals surface area contributed by atoms with Crippen molar-refractivity contribution in [1.82, 2.24) is 5.43 Å². The number of thiophene rings is 1. The van der Waals surface area contributed by atoms with E-state index in [1.165, 1.54) is 4.88 Å². The third kappa shape index (κ3) is 4.69. The van der Waals surface area contributed by atoms with Gasteiger partial charge in [-0.15, -0.1) is 11.3 Å². The first kappa shape index (κ1) is 13.9. The SMILES string of the molecule is CCCCC(=O)N/N=C(\C)c1ccc(CC)s1. The Morgan fingerprint density at radius 2 is 2.18 bits per heavy atom. The average Bonchev–Trinajstić information content (AvgIpc) is 2.82. The highest BCUT2D eigenvalue weighted by Crippen LogP contribution is 2.17. The summed E-state index contributed by atoms with van der Waals surface area (Å²) in [5.41, 5.74) is 3.47. The molecule has 0 atom stereocenters. The summed E-state index contributed by atoms with van der Waals surface area (Å²) in [6, 6.07) is 4.17. The van der Waals surface area contributed by atoms with Crippen LogP contribution in [-0.2, 0) is 11.2 Å². The molecule has 1 N–H and O–H groups in total. The van der Waals surface area contributed by atoms with Gasteiger partial charge < -0.3 is 0 Å². The zero-order valence-corrected chi connectivity index (χ0v) is 11.6. The third-order valence-electron chi connectivity index (χ3n) is 2.47. The molecule has 1 aromatic rings. The molecule has 17 heavy (non-hydrogen) atoms. The molecular formula is C13H20N2OS. The lowest BCUT2D eigenvalue weighted by Gasteiger charge is -2.00. The molecule has 3 nitrogen and oxygen atoms in total. The number of rotatable bonds is 6. The van der Waals surface area contributed by atoms with E-state index in [0.717, 1.165) is 29.9 Å². The normalized spacial score (nSPS) is 11.6. The maximum absolute atomic E-state index is 11.4. The molecule has 0 aromatic carbocycles. The highest BCUT2D eigenvalue weighted by Gasteiger charge is 2.03. The molecule has 0 saturated heterocycles. The molecule has 0 bridgehead atoms. The van der Waals surface area contributed by atoms with E-state index < -0.39 is 0 Å². The predicted molar refractivity (Wildman–Crippen MR) is 73.6 cm³/mol. The van der Waals surface area contributed by atoms with Gasteiger partial charge in [-0.1, -0.05) is 20.3 Å². The fourth-order valence-electron chi connectivity index (χ4n) is 1.36. The number of nitrogens with zero attached hydrogens (tertiary/aromatic N) is 1. The van der Waals surface area contributed by atoms with Crippen LogP contribution in [0.1, 0.15) is 49.8 Å². The average molecular weight is 252 g/mol. The van der Waals surface area contributed by atoms with E-state index in [9.17, 15) is 4.79 Å². The van der Waals surface area contributed by atoms with Gasteiger partial charge in [-0.3, -0.25) is 4.79 Å². The highest BCUT2D eigenvalue weighted by molar-refractivity contribution is 7.14. The maximum Gasteiger partial charge on any atom is 0.240 e. The molecule has 0 aliphatic carbocycles. The number of aryl methyl sites for hydroxylation is 1. The molecule has 1 aromatic heterocycles. The van der Waals surface area contributed by atoms with Crippen molar-refractivity contribution >= 4 is 23.0 Å². The molecule has 1 heterocycles. The molecule has 1 rings (SSSR count). The van der Waals surface area contributed by atoms with Crippen LogP contribution in [0.15, 0.2) is 17.2 Å². The standard InChI is InChI=1S/C13H20N2OS/c1-4-6-7-13(16)15-14-10(3)12-9-8-11(5-2)17-12/h8-9H,4-7H2,1-3H3,(H,15,16)/b14-10+. The van der Waals surface area contributed by atoms with Crippen molar-refractivity contribution < 1.29 is 4.79 Å². The Balaban J connectivity index is 2.51. The van der Waals surface area contributed by atoms with Crippen LogP contribution in [0.3, 0.4) is 0 Å². The van der Waals surface area contributed by atoms with Crippen LogP contribution in [0.25, 0.3) is 0 Å². The second kappa shape index (κ2) is 7.22. The number of carbonyl (C=O) groups is 1. The summed E-state index contributed by atoms with van der Waals surface area (Å²) >= 11 is 1.73. The quantitative estimate of drug-likeness (QED) is 0.612. The highest BCUT2D eigenvalue weighted by atomic mass is 32.1. The molecule has 0 radical (unpaired) electrons. The number of hydrogen-bond acceptors (Lipinski definition) is 3. The Kier molecular flexibility index (Phi) is 5.91. The summed E-state index contributed by atoms with van der Waals surface area (Å²) in [5, 5.41) is 4.12. The minimum atomic E-state index is -0.00142. The molecule has 0 unspecified atom stereocenters. The van der Waals surface area contributed by atoms with Gasteiger partial charge in [0.2, 0.25) is 5.91 Å². The van der Waals surface area contributed by atoms with Crippen molar-refractivity contribution in [3.63, 3.8) is 0 Å². The van der Waals surface area contributed by atoms with E-state index in [-0.39, 0.29) is 5.91 Å². The van der Waals surface area contributed by atoms with Crippen LogP contribution in [0.5, 0.6) is 0 Å². The van der Waals surface area contributed by atoms with Gasteiger partial charge in [0.15, 0.2) is 0 Å². The fraction of sp³-hybridized carbons (Fsp3) is 0.538. The molecule has 94 valence electrons. The Labute approximate surface area is 107 Å². The maximum atomic E-state index is 11.4. The van der Waals surface area contributed by atoms with Gasteiger partial charge in [0.1, 0.15) is 0 Å². The van der Waals surface area contributed by atoms with Gasteiger partial charge in [0, 0.05) is 11.3 Å². The first-order valence-electron chi connectivity index (χ1n) is 6.09. The van der Waals surface area contributed by atoms with E-state index in [0.29, 0.717) is 6.42 Å². The number of hydrogen-bond donors (Lipinski definition) is 1. The Hall–Kier alpha value is -1.16. The molecular weight excluding hydrogens is 232 g/mol. The smallest absolute Gasteiger partial charge is 0.240 e. The van der Waals surface area contributed by atoms with E-state index in [1.54, 1.807) is 11.3 Å². The largest absolute Gasteiger partial charge is 0.273 e. The van der Waals surface area contributed by atoms with Gasteiger partial charge in [0.25, 0.3) is 0 Å². The molecule has 0 saturated carbocycles. The Morgan fingerprint density at radius 3 is 2.76 bits per heavy atom. The van der Waals surface area contributed by atoms with Crippen molar-refractivity contribution in [2.45, 2.75) is 46.5 Å². The molecule has 0 fully saturated rings. The van der Waals surface area contributed by atoms with E-state index in [2.05, 4.69) is 36.5 Å². The van der Waals surface area contributed by atoms with Crippen LogP contribution < -0.4 is 5.43 Å². The molecule has 0 aliphatic rings. The van der Waals surface area contributed by atoms with Crippen LogP contribution in [0, 0.1) is 0 Å². The summed E-state index contributed by atoms with van der Waals surface area (Å²) < 4.78 is 0. The number of hydrazone groups is 1. The molecule has 0 aliphatic heterocycles. The van der Waals surface area contributed by atoms with Gasteiger partial charge in [-0.25, -0.2) is 5.43 Å². The fourth-order valence-corrected chi connectivity index (χ4v) is 2.25. The summed E-state index contributed by atoms with van der Waals surface area (Å²) in [6.45, 7) is 6.12. The van der Waals surface area contributed by atoms with Crippen molar-refractivity contribution in [1.29, 1.82) is 0 Å². The third-order valence-corrected chi connectivity index (χ3v) is 3.81. The lowest BCUT2D eigenvalue weighted by atomic mass is 10.2. The second-order valence-corrected chi connectivity index (χ2v) is 5.12. The van der Waals surface area contributed by atoms with E-state index in [1.807, 2.05) is 6.92 Å². The van der Waals surface area contributed by atoms with Crippen molar-refractivity contribution in [2.24, 2.45) is 5.10 Å². The molecule has 4 heteroatoms. The number of nitrogens with one attached hydrogen (secondary N) is 1. The minimum Gasteiger partial charge on any atom is -0.273 e.